The van der Waals surface area contributed by atoms with Gasteiger partial charge in [0.25, 0.3) is 0 Å². The van der Waals surface area contributed by atoms with Crippen LogP contribution in [0.15, 0.2) is 47.4 Å². The third-order valence-electron chi connectivity index (χ3n) is 6.46. The Kier molecular flexibility index (Phi) is 6.86. The molecule has 2 aromatic rings. The summed E-state index contributed by atoms with van der Waals surface area (Å²) in [5.74, 6) is -0.465. The van der Waals surface area contributed by atoms with E-state index in [1.165, 1.54) is 21.7 Å². The standard InChI is InChI=1S/C25H31N3O4S/c1-18-6-8-20(9-7-18)12-13-26-25(30)24-17-21-16-22(10-11-23(21)28(24)19(2)29)33(31,32)27-14-4-3-5-15-27/h6-11,16,24H,3-5,12-15,17H2,1-2H3,(H,26,30). The van der Waals surface area contributed by atoms with Gasteiger partial charge in [0.1, 0.15) is 6.04 Å². The lowest BCUT2D eigenvalue weighted by molar-refractivity contribution is -0.125. The Morgan fingerprint density at radius 2 is 1.73 bits per heavy atom. The van der Waals surface area contributed by atoms with Crippen LogP contribution in [-0.4, -0.2) is 50.2 Å². The molecule has 8 heteroatoms. The van der Waals surface area contributed by atoms with Crippen molar-refractivity contribution in [3.05, 3.63) is 59.2 Å². The number of carbonyl (C=O) groups is 2. The van der Waals surface area contributed by atoms with Crippen LogP contribution < -0.4 is 10.2 Å². The van der Waals surface area contributed by atoms with Crippen molar-refractivity contribution in [1.82, 2.24) is 9.62 Å². The Labute approximate surface area is 195 Å². The number of hydrogen-bond donors (Lipinski definition) is 1. The fraction of sp³-hybridized carbons (Fsp3) is 0.440. The molecule has 4 rings (SSSR count). The van der Waals surface area contributed by atoms with E-state index in [0.717, 1.165) is 24.8 Å². The number of nitrogens with zero attached hydrogens (tertiary/aromatic N) is 2. The number of rotatable bonds is 6. The monoisotopic (exact) mass is 469 g/mol. The summed E-state index contributed by atoms with van der Waals surface area (Å²) in [6, 6.07) is 12.3. The molecule has 1 unspecified atom stereocenters. The molecule has 2 heterocycles. The highest BCUT2D eigenvalue weighted by Crippen LogP contribution is 2.35. The fourth-order valence-corrected chi connectivity index (χ4v) is 6.21. The van der Waals surface area contributed by atoms with E-state index < -0.39 is 16.1 Å². The third-order valence-corrected chi connectivity index (χ3v) is 8.36. The number of benzene rings is 2. The lowest BCUT2D eigenvalue weighted by atomic mass is 10.1. The molecule has 2 aliphatic rings. The number of nitrogens with one attached hydrogen (secondary N) is 1. The van der Waals surface area contributed by atoms with Gasteiger partial charge in [-0.25, -0.2) is 8.42 Å². The summed E-state index contributed by atoms with van der Waals surface area (Å²) in [6.45, 7) is 4.99. The first kappa shape index (κ1) is 23.4. The molecule has 176 valence electrons. The molecule has 2 amide bonds. The van der Waals surface area contributed by atoms with Gasteiger partial charge in [0.15, 0.2) is 0 Å². The van der Waals surface area contributed by atoms with Gasteiger partial charge in [0, 0.05) is 38.7 Å². The number of anilines is 1. The first-order valence-corrected chi connectivity index (χ1v) is 13.0. The van der Waals surface area contributed by atoms with Crippen molar-refractivity contribution in [2.45, 2.75) is 56.9 Å². The second-order valence-corrected chi connectivity index (χ2v) is 10.8. The van der Waals surface area contributed by atoms with Crippen molar-refractivity contribution >= 4 is 27.5 Å². The summed E-state index contributed by atoms with van der Waals surface area (Å²) in [6.07, 6.45) is 3.78. The van der Waals surface area contributed by atoms with E-state index in [0.29, 0.717) is 43.7 Å². The van der Waals surface area contributed by atoms with Crippen molar-refractivity contribution in [3.8, 4) is 0 Å². The largest absolute Gasteiger partial charge is 0.354 e. The number of fused-ring (bicyclic) bond motifs is 1. The van der Waals surface area contributed by atoms with E-state index in [9.17, 15) is 18.0 Å². The van der Waals surface area contributed by atoms with Gasteiger partial charge in [0.2, 0.25) is 21.8 Å². The minimum atomic E-state index is -3.58. The number of aryl methyl sites for hydroxylation is 1. The average Bonchev–Trinajstić information content (AvgIpc) is 3.20. The van der Waals surface area contributed by atoms with Gasteiger partial charge in [-0.1, -0.05) is 36.2 Å². The lowest BCUT2D eigenvalue weighted by Gasteiger charge is -2.26. The Balaban J connectivity index is 1.48. The van der Waals surface area contributed by atoms with Crippen LogP contribution in [-0.2, 0) is 32.5 Å². The molecule has 1 atom stereocenters. The smallest absolute Gasteiger partial charge is 0.243 e. The molecule has 0 bridgehead atoms. The van der Waals surface area contributed by atoms with Crippen LogP contribution in [0.4, 0.5) is 5.69 Å². The summed E-state index contributed by atoms with van der Waals surface area (Å²) in [7, 11) is -3.58. The molecule has 1 fully saturated rings. The molecule has 0 aromatic heterocycles. The van der Waals surface area contributed by atoms with E-state index in [1.807, 2.05) is 31.2 Å². The van der Waals surface area contributed by atoms with E-state index in [4.69, 9.17) is 0 Å². The molecule has 0 saturated carbocycles. The van der Waals surface area contributed by atoms with Crippen molar-refractivity contribution in [2.24, 2.45) is 0 Å². The second-order valence-electron chi connectivity index (χ2n) is 8.89. The van der Waals surface area contributed by atoms with Crippen LogP contribution in [0, 0.1) is 6.92 Å². The first-order valence-electron chi connectivity index (χ1n) is 11.5. The maximum atomic E-state index is 13.1. The highest BCUT2D eigenvalue weighted by molar-refractivity contribution is 7.89. The van der Waals surface area contributed by atoms with E-state index >= 15 is 0 Å². The van der Waals surface area contributed by atoms with Crippen LogP contribution in [0.1, 0.15) is 42.9 Å². The minimum Gasteiger partial charge on any atom is -0.354 e. The molecule has 7 nitrogen and oxygen atoms in total. The van der Waals surface area contributed by atoms with Gasteiger partial charge in [0.05, 0.1) is 4.90 Å². The molecule has 0 spiro atoms. The summed E-state index contributed by atoms with van der Waals surface area (Å²) in [5, 5.41) is 2.94. The Hall–Kier alpha value is -2.71. The van der Waals surface area contributed by atoms with Gasteiger partial charge in [-0.3, -0.25) is 14.5 Å². The van der Waals surface area contributed by atoms with E-state index in [2.05, 4.69) is 5.32 Å². The molecule has 33 heavy (non-hydrogen) atoms. The number of piperidine rings is 1. The summed E-state index contributed by atoms with van der Waals surface area (Å²) >= 11 is 0. The van der Waals surface area contributed by atoms with Crippen LogP contribution in [0.25, 0.3) is 0 Å². The second kappa shape index (κ2) is 9.65. The number of hydrogen-bond acceptors (Lipinski definition) is 4. The zero-order chi connectivity index (χ0) is 23.6. The van der Waals surface area contributed by atoms with Gasteiger partial charge in [-0.05, 0) is 55.5 Å². The van der Waals surface area contributed by atoms with Crippen LogP contribution in [0.5, 0.6) is 0 Å². The van der Waals surface area contributed by atoms with Crippen molar-refractivity contribution in [2.75, 3.05) is 24.5 Å². The topological polar surface area (TPSA) is 86.8 Å². The number of amides is 2. The van der Waals surface area contributed by atoms with Gasteiger partial charge in [-0.2, -0.15) is 4.31 Å². The number of carbonyl (C=O) groups excluding carboxylic acids is 2. The van der Waals surface area contributed by atoms with E-state index in [1.54, 1.807) is 18.2 Å². The van der Waals surface area contributed by atoms with Crippen LogP contribution >= 0.6 is 0 Å². The average molecular weight is 470 g/mol. The normalized spacial score (nSPS) is 18.7. The van der Waals surface area contributed by atoms with Gasteiger partial charge >= 0.3 is 0 Å². The van der Waals surface area contributed by atoms with Crippen LogP contribution in [0.2, 0.25) is 0 Å². The Morgan fingerprint density at radius 1 is 1.03 bits per heavy atom. The Bertz CT molecular complexity index is 1140. The fourth-order valence-electron chi connectivity index (χ4n) is 4.64. The predicted molar refractivity (Wildman–Crippen MR) is 128 cm³/mol. The van der Waals surface area contributed by atoms with Crippen LogP contribution in [0.3, 0.4) is 0 Å². The summed E-state index contributed by atoms with van der Waals surface area (Å²) < 4.78 is 27.7. The predicted octanol–water partition coefficient (Wildman–Crippen LogP) is 2.81. The zero-order valence-corrected chi connectivity index (χ0v) is 20.0. The van der Waals surface area contributed by atoms with Crippen molar-refractivity contribution in [1.29, 1.82) is 0 Å². The zero-order valence-electron chi connectivity index (χ0n) is 19.2. The quantitative estimate of drug-likeness (QED) is 0.705. The van der Waals surface area contributed by atoms with Gasteiger partial charge < -0.3 is 5.32 Å². The van der Waals surface area contributed by atoms with Crippen molar-refractivity contribution < 1.29 is 18.0 Å². The molecule has 2 aliphatic heterocycles. The first-order chi connectivity index (χ1) is 15.8. The summed E-state index contributed by atoms with van der Waals surface area (Å²) in [5.41, 5.74) is 3.64. The molecule has 1 saturated heterocycles. The highest BCUT2D eigenvalue weighted by atomic mass is 32.2. The maximum Gasteiger partial charge on any atom is 0.243 e. The molecule has 1 N–H and O–H groups in total. The molecular formula is C25H31N3O4S. The third kappa shape index (κ3) is 4.96. The molecule has 2 aromatic carbocycles. The lowest BCUT2D eigenvalue weighted by Crippen LogP contribution is -2.47. The molecular weight excluding hydrogens is 438 g/mol. The van der Waals surface area contributed by atoms with Crippen molar-refractivity contribution in [3.63, 3.8) is 0 Å². The minimum absolute atomic E-state index is 0.228. The molecule has 0 aliphatic carbocycles. The Morgan fingerprint density at radius 3 is 2.39 bits per heavy atom. The number of sulfonamides is 1. The van der Waals surface area contributed by atoms with Gasteiger partial charge in [-0.15, -0.1) is 0 Å². The maximum absolute atomic E-state index is 13.1. The van der Waals surface area contributed by atoms with E-state index in [-0.39, 0.29) is 16.7 Å². The highest BCUT2D eigenvalue weighted by Gasteiger charge is 2.38. The SMILES string of the molecule is CC(=O)N1c2ccc(S(=O)(=O)N3CCCCC3)cc2CC1C(=O)NCCc1ccc(C)cc1. The summed E-state index contributed by atoms with van der Waals surface area (Å²) in [4.78, 5) is 27.1. The molecule has 0 radical (unpaired) electrons.